The second kappa shape index (κ2) is 8.17. The van der Waals surface area contributed by atoms with Crippen LogP contribution < -0.4 is 0 Å². The fourth-order valence-electron chi connectivity index (χ4n) is 4.21. The summed E-state index contributed by atoms with van der Waals surface area (Å²) in [6.45, 7) is 0. The van der Waals surface area contributed by atoms with Crippen LogP contribution in [0.3, 0.4) is 0 Å². The van der Waals surface area contributed by atoms with Crippen LogP contribution in [0.15, 0.2) is 47.0 Å². The van der Waals surface area contributed by atoms with Gasteiger partial charge in [-0.1, -0.05) is 48.7 Å². The molecule has 0 radical (unpaired) electrons. The molecule has 2 aromatic carbocycles. The van der Waals surface area contributed by atoms with Crippen LogP contribution in [0.4, 0.5) is 17.6 Å². The Bertz CT molecular complexity index is 1110. The molecule has 1 aromatic heterocycles. The number of aromatic nitrogens is 1. The molecule has 1 aliphatic rings. The van der Waals surface area contributed by atoms with Gasteiger partial charge < -0.3 is 9.63 Å². The maximum absolute atomic E-state index is 13.5. The lowest BCUT2D eigenvalue weighted by Crippen LogP contribution is -2.09. The lowest BCUT2D eigenvalue weighted by molar-refractivity contribution is -0.137. The fourth-order valence-corrected chi connectivity index (χ4v) is 4.21. The van der Waals surface area contributed by atoms with E-state index in [9.17, 15) is 22.4 Å². The van der Waals surface area contributed by atoms with Crippen molar-refractivity contribution in [1.29, 1.82) is 0 Å². The SMILES string of the molecule is O=C(O)c1cc(-c2ccc(-c3ccc(F)cc3C(F)(F)F)cc2C2CCCCC2)on1. The molecule has 1 fully saturated rings. The van der Waals surface area contributed by atoms with E-state index >= 15 is 0 Å². The third-order valence-corrected chi connectivity index (χ3v) is 5.69. The van der Waals surface area contributed by atoms with E-state index < -0.39 is 23.5 Å². The molecule has 1 aliphatic carbocycles. The molecule has 0 atom stereocenters. The number of carboxylic acids is 1. The van der Waals surface area contributed by atoms with Gasteiger partial charge in [-0.05, 0) is 47.6 Å². The number of hydrogen-bond donors (Lipinski definition) is 1. The summed E-state index contributed by atoms with van der Waals surface area (Å²) in [6.07, 6.45) is 0.110. The van der Waals surface area contributed by atoms with Crippen LogP contribution in [0.1, 0.15) is 59.6 Å². The van der Waals surface area contributed by atoms with Crippen molar-refractivity contribution in [1.82, 2.24) is 5.16 Å². The van der Waals surface area contributed by atoms with Crippen molar-refractivity contribution < 1.29 is 32.0 Å². The monoisotopic (exact) mass is 433 g/mol. The Morgan fingerprint density at radius 3 is 2.35 bits per heavy atom. The highest BCUT2D eigenvalue weighted by Crippen LogP contribution is 2.43. The lowest BCUT2D eigenvalue weighted by atomic mass is 9.80. The highest BCUT2D eigenvalue weighted by atomic mass is 19.4. The minimum atomic E-state index is -4.71. The van der Waals surface area contributed by atoms with Gasteiger partial charge in [0.2, 0.25) is 0 Å². The molecule has 1 N–H and O–H groups in total. The number of aromatic carboxylic acids is 1. The third kappa shape index (κ3) is 4.33. The fraction of sp³-hybridized carbons (Fsp3) is 0.304. The number of hydrogen-bond acceptors (Lipinski definition) is 3. The number of carboxylic acid groups (broad SMARTS) is 1. The zero-order valence-corrected chi connectivity index (χ0v) is 16.4. The largest absolute Gasteiger partial charge is 0.476 e. The first-order chi connectivity index (χ1) is 14.7. The Hall–Kier alpha value is -3.16. The van der Waals surface area contributed by atoms with E-state index in [-0.39, 0.29) is 22.9 Å². The smallest absolute Gasteiger partial charge is 0.417 e. The van der Waals surface area contributed by atoms with Gasteiger partial charge in [-0.3, -0.25) is 0 Å². The second-order valence-corrected chi connectivity index (χ2v) is 7.71. The molecule has 0 unspecified atom stereocenters. The van der Waals surface area contributed by atoms with Crippen molar-refractivity contribution in [3.63, 3.8) is 0 Å². The molecule has 1 heterocycles. The first-order valence-corrected chi connectivity index (χ1v) is 9.95. The number of alkyl halides is 3. The molecule has 162 valence electrons. The summed E-state index contributed by atoms with van der Waals surface area (Å²) >= 11 is 0. The Balaban J connectivity index is 1.86. The van der Waals surface area contributed by atoms with Crippen molar-refractivity contribution >= 4 is 5.97 Å². The molecule has 0 bridgehead atoms. The van der Waals surface area contributed by atoms with Crippen LogP contribution in [-0.4, -0.2) is 16.2 Å². The first kappa shape index (κ1) is 21.1. The van der Waals surface area contributed by atoms with Gasteiger partial charge in [0.1, 0.15) is 5.82 Å². The zero-order chi connectivity index (χ0) is 22.2. The molecular weight excluding hydrogens is 414 g/mol. The topological polar surface area (TPSA) is 63.3 Å². The van der Waals surface area contributed by atoms with Crippen molar-refractivity contribution in [2.75, 3.05) is 0 Å². The van der Waals surface area contributed by atoms with Gasteiger partial charge >= 0.3 is 12.1 Å². The number of nitrogens with zero attached hydrogens (tertiary/aromatic N) is 1. The minimum Gasteiger partial charge on any atom is -0.476 e. The van der Waals surface area contributed by atoms with Crippen molar-refractivity contribution in [2.45, 2.75) is 44.2 Å². The summed E-state index contributed by atoms with van der Waals surface area (Å²) in [5.74, 6) is -1.84. The molecular formula is C23H19F4NO3. The summed E-state index contributed by atoms with van der Waals surface area (Å²) in [6, 6.07) is 8.75. The van der Waals surface area contributed by atoms with Gasteiger partial charge in [-0.15, -0.1) is 0 Å². The number of halogens is 4. The van der Waals surface area contributed by atoms with Crippen LogP contribution in [0, 0.1) is 5.82 Å². The molecule has 0 amide bonds. The predicted molar refractivity (Wildman–Crippen MR) is 105 cm³/mol. The molecule has 31 heavy (non-hydrogen) atoms. The molecule has 8 heteroatoms. The van der Waals surface area contributed by atoms with Gasteiger partial charge in [0, 0.05) is 11.6 Å². The van der Waals surface area contributed by atoms with Gasteiger partial charge in [-0.2, -0.15) is 13.2 Å². The Morgan fingerprint density at radius 1 is 1.00 bits per heavy atom. The standard InChI is InChI=1S/C23H19F4NO3/c24-15-7-9-16(19(11-15)23(25,26)27)14-6-8-17(21-12-20(22(29)30)28-31-21)18(10-14)13-4-2-1-3-5-13/h6-13H,1-5H2,(H,29,30). The highest BCUT2D eigenvalue weighted by Gasteiger charge is 2.34. The van der Waals surface area contributed by atoms with Crippen LogP contribution >= 0.6 is 0 Å². The minimum absolute atomic E-state index is 0.0943. The molecule has 0 spiro atoms. The molecule has 4 rings (SSSR count). The summed E-state index contributed by atoms with van der Waals surface area (Å²) in [7, 11) is 0. The van der Waals surface area contributed by atoms with Gasteiger partial charge in [0.25, 0.3) is 0 Å². The van der Waals surface area contributed by atoms with E-state index in [2.05, 4.69) is 5.16 Å². The maximum atomic E-state index is 13.5. The van der Waals surface area contributed by atoms with Crippen LogP contribution in [-0.2, 0) is 6.18 Å². The van der Waals surface area contributed by atoms with Gasteiger partial charge in [-0.25, -0.2) is 9.18 Å². The van der Waals surface area contributed by atoms with Crippen LogP contribution in [0.2, 0.25) is 0 Å². The molecule has 3 aromatic rings. The molecule has 0 saturated heterocycles. The van der Waals surface area contributed by atoms with Crippen molar-refractivity contribution in [3.05, 3.63) is 65.1 Å². The zero-order valence-electron chi connectivity index (χ0n) is 16.4. The Labute approximate surface area is 175 Å². The van der Waals surface area contributed by atoms with Crippen LogP contribution in [0.25, 0.3) is 22.5 Å². The summed E-state index contributed by atoms with van der Waals surface area (Å²) < 4.78 is 59.4. The second-order valence-electron chi connectivity index (χ2n) is 7.71. The third-order valence-electron chi connectivity index (χ3n) is 5.69. The molecule has 4 nitrogen and oxygen atoms in total. The van der Waals surface area contributed by atoms with Gasteiger partial charge in [0.05, 0.1) is 5.56 Å². The average Bonchev–Trinajstić information content (AvgIpc) is 3.24. The van der Waals surface area contributed by atoms with E-state index in [1.54, 1.807) is 12.1 Å². The summed E-state index contributed by atoms with van der Waals surface area (Å²) in [4.78, 5) is 11.2. The van der Waals surface area contributed by atoms with E-state index in [0.29, 0.717) is 17.2 Å². The van der Waals surface area contributed by atoms with Crippen LogP contribution in [0.5, 0.6) is 0 Å². The number of carbonyl (C=O) groups is 1. The van der Waals surface area contributed by atoms with E-state index in [1.807, 2.05) is 0 Å². The Morgan fingerprint density at radius 2 is 1.71 bits per heavy atom. The molecule has 0 aliphatic heterocycles. The summed E-state index contributed by atoms with van der Waals surface area (Å²) in [5, 5.41) is 12.7. The predicted octanol–water partition coefficient (Wildman–Crippen LogP) is 6.91. The maximum Gasteiger partial charge on any atom is 0.417 e. The lowest BCUT2D eigenvalue weighted by Gasteiger charge is -2.25. The van der Waals surface area contributed by atoms with Gasteiger partial charge in [0.15, 0.2) is 11.5 Å². The highest BCUT2D eigenvalue weighted by molar-refractivity contribution is 5.87. The average molecular weight is 433 g/mol. The van der Waals surface area contributed by atoms with Crippen molar-refractivity contribution in [3.8, 4) is 22.5 Å². The molecule has 1 saturated carbocycles. The number of rotatable bonds is 4. The first-order valence-electron chi connectivity index (χ1n) is 9.95. The van der Waals surface area contributed by atoms with E-state index in [4.69, 9.17) is 9.63 Å². The summed E-state index contributed by atoms with van der Waals surface area (Å²) in [5.41, 5.74) is 0.305. The normalized spacial score (nSPS) is 15.2. The van der Waals surface area contributed by atoms with E-state index in [0.717, 1.165) is 49.8 Å². The van der Waals surface area contributed by atoms with E-state index in [1.165, 1.54) is 12.1 Å². The quantitative estimate of drug-likeness (QED) is 0.454. The van der Waals surface area contributed by atoms with Crippen molar-refractivity contribution in [2.24, 2.45) is 0 Å². The Kier molecular flexibility index (Phi) is 5.56. The number of benzene rings is 2.